The van der Waals surface area contributed by atoms with Crippen molar-refractivity contribution in [1.82, 2.24) is 14.8 Å². The summed E-state index contributed by atoms with van der Waals surface area (Å²) in [7, 11) is 0. The Balaban J connectivity index is 1.45. The van der Waals surface area contributed by atoms with E-state index < -0.39 is 11.4 Å². The van der Waals surface area contributed by atoms with E-state index in [1.165, 1.54) is 29.1 Å². The summed E-state index contributed by atoms with van der Waals surface area (Å²) < 4.78 is 0. The first-order valence-corrected chi connectivity index (χ1v) is 12.4. The molecule has 1 aliphatic heterocycles. The normalized spacial score (nSPS) is 18.5. The van der Waals surface area contributed by atoms with Crippen LogP contribution in [0.2, 0.25) is 0 Å². The average Bonchev–Trinajstić information content (AvgIpc) is 3.54. The number of thiazole rings is 1. The molecule has 1 aromatic heterocycles. The van der Waals surface area contributed by atoms with E-state index in [1.54, 1.807) is 17.8 Å². The van der Waals surface area contributed by atoms with Gasteiger partial charge in [0.05, 0.1) is 5.51 Å². The molecule has 1 saturated heterocycles. The van der Waals surface area contributed by atoms with Crippen LogP contribution in [0.25, 0.3) is 0 Å². The van der Waals surface area contributed by atoms with Crippen molar-refractivity contribution in [2.75, 3.05) is 31.1 Å². The van der Waals surface area contributed by atoms with E-state index in [2.05, 4.69) is 9.88 Å². The fraction of sp³-hybridized carbons (Fsp3) is 0.500. The zero-order valence-electron chi connectivity index (χ0n) is 19.0. The highest BCUT2D eigenvalue weighted by atomic mass is 32.1. The largest absolute Gasteiger partial charge is 0.368 e. The van der Waals surface area contributed by atoms with Crippen molar-refractivity contribution in [3.8, 4) is 0 Å². The molecule has 0 bridgehead atoms. The van der Waals surface area contributed by atoms with Gasteiger partial charge in [-0.25, -0.2) is 4.98 Å². The summed E-state index contributed by atoms with van der Waals surface area (Å²) in [5.41, 5.74) is 7.03. The molecule has 0 spiro atoms. The number of nitrogens with zero attached hydrogens (tertiary/aromatic N) is 4. The van der Waals surface area contributed by atoms with E-state index in [4.69, 9.17) is 5.73 Å². The second-order valence-electron chi connectivity index (χ2n) is 9.02. The fourth-order valence-corrected chi connectivity index (χ4v) is 5.02. The van der Waals surface area contributed by atoms with Gasteiger partial charge in [0.1, 0.15) is 11.4 Å². The molecule has 1 aliphatic carbocycles. The van der Waals surface area contributed by atoms with Gasteiger partial charge in [0.15, 0.2) is 0 Å². The molecule has 1 atom stereocenters. The van der Waals surface area contributed by atoms with Gasteiger partial charge < -0.3 is 10.6 Å². The van der Waals surface area contributed by atoms with Gasteiger partial charge in [0.2, 0.25) is 17.7 Å². The molecule has 2 aromatic rings. The van der Waals surface area contributed by atoms with E-state index in [9.17, 15) is 14.4 Å². The van der Waals surface area contributed by atoms with Crippen molar-refractivity contribution in [1.29, 1.82) is 0 Å². The van der Waals surface area contributed by atoms with Gasteiger partial charge in [-0.1, -0.05) is 30.3 Å². The number of aromatic nitrogens is 1. The molecule has 8 nitrogen and oxygen atoms in total. The number of carbonyl (C=O) groups is 3. The number of anilines is 1. The second kappa shape index (κ2) is 10.0. The molecular weight excluding hydrogens is 438 g/mol. The molecule has 9 heteroatoms. The lowest BCUT2D eigenvalue weighted by molar-refractivity contribution is -0.135. The van der Waals surface area contributed by atoms with Gasteiger partial charge in [-0.3, -0.25) is 24.2 Å². The summed E-state index contributed by atoms with van der Waals surface area (Å²) in [5.74, 6) is -0.591. The van der Waals surface area contributed by atoms with Crippen LogP contribution in [0.1, 0.15) is 38.2 Å². The van der Waals surface area contributed by atoms with E-state index in [1.807, 2.05) is 35.2 Å². The minimum absolute atomic E-state index is 0.00312. The molecule has 1 saturated carbocycles. The fourth-order valence-electron chi connectivity index (χ4n) is 4.50. The zero-order valence-corrected chi connectivity index (χ0v) is 19.8. The molecule has 3 amide bonds. The predicted octanol–water partition coefficient (Wildman–Crippen LogP) is 2.05. The minimum atomic E-state index is -1.31. The molecule has 2 heterocycles. The van der Waals surface area contributed by atoms with Gasteiger partial charge in [-0.15, -0.1) is 11.3 Å². The van der Waals surface area contributed by atoms with Crippen molar-refractivity contribution in [3.63, 3.8) is 0 Å². The summed E-state index contributed by atoms with van der Waals surface area (Å²) in [6.07, 6.45) is 2.87. The Bertz CT molecular complexity index is 971. The topological polar surface area (TPSA) is 99.8 Å². The maximum absolute atomic E-state index is 13.4. The molecule has 1 aromatic carbocycles. The minimum Gasteiger partial charge on any atom is -0.368 e. The molecule has 176 valence electrons. The monoisotopic (exact) mass is 469 g/mol. The highest BCUT2D eigenvalue weighted by Gasteiger charge is 2.43. The lowest BCUT2D eigenvalue weighted by Gasteiger charge is -2.38. The van der Waals surface area contributed by atoms with Crippen molar-refractivity contribution in [3.05, 3.63) is 46.8 Å². The highest BCUT2D eigenvalue weighted by Crippen LogP contribution is 2.30. The van der Waals surface area contributed by atoms with Gasteiger partial charge >= 0.3 is 0 Å². The molecule has 33 heavy (non-hydrogen) atoms. The molecule has 0 unspecified atom stereocenters. The Morgan fingerprint density at radius 1 is 1.12 bits per heavy atom. The zero-order chi connectivity index (χ0) is 23.4. The molecule has 4 rings (SSSR count). The smallest absolute Gasteiger partial charge is 0.243 e. The molecular formula is C24H31N5O3S. The lowest BCUT2D eigenvalue weighted by atomic mass is 9.89. The Morgan fingerprint density at radius 2 is 1.82 bits per heavy atom. The quantitative estimate of drug-likeness (QED) is 0.606. The summed E-state index contributed by atoms with van der Waals surface area (Å²) >= 11 is 1.34. The number of rotatable bonds is 9. The summed E-state index contributed by atoms with van der Waals surface area (Å²) in [5, 5.41) is 1.73. The van der Waals surface area contributed by atoms with E-state index >= 15 is 0 Å². The van der Waals surface area contributed by atoms with Crippen molar-refractivity contribution >= 4 is 34.9 Å². The van der Waals surface area contributed by atoms with Gasteiger partial charge in [-0.2, -0.15) is 0 Å². The molecule has 2 N–H and O–H groups in total. The maximum Gasteiger partial charge on any atom is 0.243 e. The van der Waals surface area contributed by atoms with E-state index in [0.717, 1.165) is 18.7 Å². The Hall–Kier alpha value is -2.78. The van der Waals surface area contributed by atoms with Crippen LogP contribution in [0.5, 0.6) is 0 Å². The number of piperazine rings is 1. The number of nitrogens with two attached hydrogens (primary N) is 1. The number of amides is 3. The lowest BCUT2D eigenvalue weighted by Crippen LogP contribution is -2.60. The number of carbonyl (C=O) groups excluding carboxylic acids is 3. The Morgan fingerprint density at radius 3 is 2.39 bits per heavy atom. The summed E-state index contributed by atoms with van der Waals surface area (Å²) in [6, 6.07) is 10.2. The van der Waals surface area contributed by atoms with Crippen LogP contribution in [-0.4, -0.2) is 70.3 Å². The average molecular weight is 470 g/mol. The van der Waals surface area contributed by atoms with Crippen molar-refractivity contribution in [2.24, 2.45) is 5.73 Å². The van der Waals surface area contributed by atoms with E-state index in [-0.39, 0.29) is 31.1 Å². The van der Waals surface area contributed by atoms with Crippen LogP contribution >= 0.6 is 11.3 Å². The highest BCUT2D eigenvalue weighted by molar-refractivity contribution is 7.07. The standard InChI is InChI=1S/C24H31N5O3S/c1-24(23(25)32,15-18-5-3-2-4-6-18)29(20-16-33-17-26-20)22(31)10-9-21(30)28-13-11-27(12-14-28)19-7-8-19/h2-6,16-17,19H,7-15H2,1H3,(H2,25,32)/t24-/m1/s1. The molecule has 2 fully saturated rings. The van der Waals surface area contributed by atoms with E-state index in [0.29, 0.717) is 24.9 Å². The van der Waals surface area contributed by atoms with Gasteiger partial charge in [0, 0.05) is 56.9 Å². The second-order valence-corrected chi connectivity index (χ2v) is 9.74. The van der Waals surface area contributed by atoms with Crippen LogP contribution in [0.15, 0.2) is 41.2 Å². The van der Waals surface area contributed by atoms with Gasteiger partial charge in [0.25, 0.3) is 0 Å². The van der Waals surface area contributed by atoms with Crippen molar-refractivity contribution in [2.45, 2.75) is 50.6 Å². The SMILES string of the molecule is C[C@@](Cc1ccccc1)(C(N)=O)N(C(=O)CCC(=O)N1CCN(C2CC2)CC1)c1cscn1. The third kappa shape index (κ3) is 5.42. The maximum atomic E-state index is 13.4. The number of benzene rings is 1. The third-order valence-corrected chi connectivity index (χ3v) is 7.17. The summed E-state index contributed by atoms with van der Waals surface area (Å²) in [4.78, 5) is 48.9. The van der Waals surface area contributed by atoms with Crippen molar-refractivity contribution < 1.29 is 14.4 Å². The van der Waals surface area contributed by atoms with Crippen LogP contribution in [0.4, 0.5) is 5.82 Å². The summed E-state index contributed by atoms with van der Waals surface area (Å²) in [6.45, 7) is 4.86. The first-order valence-electron chi connectivity index (χ1n) is 11.5. The number of hydrogen-bond donors (Lipinski definition) is 1. The van der Waals surface area contributed by atoms with Crippen LogP contribution < -0.4 is 10.6 Å². The molecule has 2 aliphatic rings. The van der Waals surface area contributed by atoms with Gasteiger partial charge in [-0.05, 0) is 25.3 Å². The first-order chi connectivity index (χ1) is 15.9. The van der Waals surface area contributed by atoms with Crippen LogP contribution in [0, 0.1) is 0 Å². The Kier molecular flexibility index (Phi) is 7.09. The Labute approximate surface area is 198 Å². The van der Waals surface area contributed by atoms with Crippen LogP contribution in [0.3, 0.4) is 0 Å². The van der Waals surface area contributed by atoms with Crippen LogP contribution in [-0.2, 0) is 20.8 Å². The third-order valence-electron chi connectivity index (χ3n) is 6.60. The predicted molar refractivity (Wildman–Crippen MR) is 128 cm³/mol. The number of hydrogen-bond acceptors (Lipinski definition) is 6. The number of primary amides is 1. The molecule has 0 radical (unpaired) electrons. The first kappa shape index (κ1) is 23.4.